The molecule has 0 saturated carbocycles. The summed E-state index contributed by atoms with van der Waals surface area (Å²) in [5.41, 5.74) is 2.62. The summed E-state index contributed by atoms with van der Waals surface area (Å²) in [5, 5.41) is 13.0. The molecule has 3 rings (SSSR count). The summed E-state index contributed by atoms with van der Waals surface area (Å²) < 4.78 is 14.0. The maximum Gasteiger partial charge on any atom is 0.223 e. The molecule has 0 radical (unpaired) electrons. The van der Waals surface area contributed by atoms with Crippen molar-refractivity contribution in [1.29, 1.82) is 5.26 Å². The van der Waals surface area contributed by atoms with Gasteiger partial charge in [0.1, 0.15) is 11.9 Å². The van der Waals surface area contributed by atoms with Gasteiger partial charge in [-0.05, 0) is 44.4 Å². The number of nitrogens with one attached hydrogen (secondary N) is 1. The highest BCUT2D eigenvalue weighted by Crippen LogP contribution is 2.34. The molecular weight excluding hydrogens is 319 g/mol. The normalized spacial score (nSPS) is 15.2. The van der Waals surface area contributed by atoms with Gasteiger partial charge in [0.05, 0.1) is 16.8 Å². The lowest BCUT2D eigenvalue weighted by molar-refractivity contribution is -0.125. The number of aromatic nitrogens is 1. The number of piperidine rings is 1. The van der Waals surface area contributed by atoms with E-state index in [-0.39, 0.29) is 17.6 Å². The first kappa shape index (κ1) is 17.2. The summed E-state index contributed by atoms with van der Waals surface area (Å²) in [6.45, 7) is 5.67. The minimum atomic E-state index is -0.333. The summed E-state index contributed by atoms with van der Waals surface area (Å²) >= 11 is 0. The van der Waals surface area contributed by atoms with E-state index in [0.717, 1.165) is 24.1 Å². The highest BCUT2D eigenvalue weighted by atomic mass is 19.1. The van der Waals surface area contributed by atoms with Crippen LogP contribution in [0, 0.1) is 30.0 Å². The number of rotatable bonds is 3. The molecule has 1 amide bonds. The number of anilines is 1. The van der Waals surface area contributed by atoms with Crippen LogP contribution < -0.4 is 10.2 Å². The SMILES string of the molecule is CCNC(=O)C1CCN(c2c(C#N)cnc3c(C)cc(F)cc23)CC1. The van der Waals surface area contributed by atoms with Gasteiger partial charge in [0.25, 0.3) is 0 Å². The van der Waals surface area contributed by atoms with Crippen LogP contribution >= 0.6 is 0 Å². The van der Waals surface area contributed by atoms with Crippen molar-refractivity contribution in [3.05, 3.63) is 35.3 Å². The number of nitrogens with zero attached hydrogens (tertiary/aromatic N) is 3. The maximum absolute atomic E-state index is 14.0. The predicted octanol–water partition coefficient (Wildman–Crippen LogP) is 2.91. The molecule has 2 aromatic rings. The van der Waals surface area contributed by atoms with E-state index in [9.17, 15) is 14.4 Å². The Morgan fingerprint density at radius 3 is 2.80 bits per heavy atom. The predicted molar refractivity (Wildman–Crippen MR) is 94.8 cm³/mol. The number of fused-ring (bicyclic) bond motifs is 1. The highest BCUT2D eigenvalue weighted by molar-refractivity contribution is 5.96. The minimum absolute atomic E-state index is 0.00620. The number of carbonyl (C=O) groups is 1. The standard InChI is InChI=1S/C19H21FN4O/c1-3-22-19(25)13-4-6-24(7-5-13)18-14(10-21)11-23-17-12(2)8-15(20)9-16(17)18/h8-9,11,13H,3-7H2,1-2H3,(H,22,25). The fraction of sp³-hybridized carbons (Fsp3) is 0.421. The van der Waals surface area contributed by atoms with E-state index in [1.807, 2.05) is 13.8 Å². The number of hydrogen-bond donors (Lipinski definition) is 1. The Bertz CT molecular complexity index is 851. The van der Waals surface area contributed by atoms with Gasteiger partial charge >= 0.3 is 0 Å². The summed E-state index contributed by atoms with van der Waals surface area (Å²) in [7, 11) is 0. The topological polar surface area (TPSA) is 69.0 Å². The van der Waals surface area contributed by atoms with Gasteiger partial charge in [-0.15, -0.1) is 0 Å². The van der Waals surface area contributed by atoms with Gasteiger partial charge in [0, 0.05) is 37.1 Å². The fourth-order valence-electron chi connectivity index (χ4n) is 3.53. The Balaban J connectivity index is 1.96. The zero-order chi connectivity index (χ0) is 18.0. The molecule has 0 aliphatic carbocycles. The van der Waals surface area contributed by atoms with Gasteiger partial charge in [-0.25, -0.2) is 4.39 Å². The molecule has 0 atom stereocenters. The van der Waals surface area contributed by atoms with Crippen LogP contribution in [0.15, 0.2) is 18.3 Å². The lowest BCUT2D eigenvalue weighted by atomic mass is 9.94. The number of halogens is 1. The molecule has 130 valence electrons. The number of carbonyl (C=O) groups excluding carboxylic acids is 1. The van der Waals surface area contributed by atoms with E-state index in [0.29, 0.717) is 36.1 Å². The first-order valence-corrected chi connectivity index (χ1v) is 8.56. The van der Waals surface area contributed by atoms with Crippen molar-refractivity contribution in [3.63, 3.8) is 0 Å². The fourth-order valence-corrected chi connectivity index (χ4v) is 3.53. The molecule has 0 bridgehead atoms. The molecule has 2 heterocycles. The van der Waals surface area contributed by atoms with E-state index in [1.54, 1.807) is 6.20 Å². The lowest BCUT2D eigenvalue weighted by Gasteiger charge is -2.34. The quantitative estimate of drug-likeness (QED) is 0.933. The van der Waals surface area contributed by atoms with E-state index >= 15 is 0 Å². The van der Waals surface area contributed by atoms with Crippen molar-refractivity contribution >= 4 is 22.5 Å². The largest absolute Gasteiger partial charge is 0.370 e. The Morgan fingerprint density at radius 1 is 1.44 bits per heavy atom. The van der Waals surface area contributed by atoms with Gasteiger partial charge in [0.15, 0.2) is 0 Å². The molecule has 1 fully saturated rings. The van der Waals surface area contributed by atoms with Crippen molar-refractivity contribution in [2.24, 2.45) is 5.92 Å². The maximum atomic E-state index is 14.0. The Morgan fingerprint density at radius 2 is 2.16 bits per heavy atom. The van der Waals surface area contributed by atoms with Gasteiger partial charge in [-0.2, -0.15) is 5.26 Å². The molecule has 5 nitrogen and oxygen atoms in total. The van der Waals surface area contributed by atoms with E-state index in [1.165, 1.54) is 12.1 Å². The molecule has 6 heteroatoms. The molecule has 1 N–H and O–H groups in total. The van der Waals surface area contributed by atoms with Crippen LogP contribution in [0.25, 0.3) is 10.9 Å². The zero-order valence-electron chi connectivity index (χ0n) is 14.5. The molecule has 1 aliphatic rings. The van der Waals surface area contributed by atoms with Crippen molar-refractivity contribution < 1.29 is 9.18 Å². The average Bonchev–Trinajstić information content (AvgIpc) is 2.61. The second kappa shape index (κ2) is 7.06. The third-order valence-electron chi connectivity index (χ3n) is 4.75. The minimum Gasteiger partial charge on any atom is -0.370 e. The van der Waals surface area contributed by atoms with Crippen molar-refractivity contribution in [2.45, 2.75) is 26.7 Å². The molecule has 0 unspecified atom stereocenters. The van der Waals surface area contributed by atoms with Gasteiger partial charge < -0.3 is 10.2 Å². The van der Waals surface area contributed by atoms with Crippen molar-refractivity contribution in [3.8, 4) is 6.07 Å². The summed E-state index contributed by atoms with van der Waals surface area (Å²) in [6.07, 6.45) is 2.99. The molecule has 25 heavy (non-hydrogen) atoms. The van der Waals surface area contributed by atoms with Crippen LogP contribution in [-0.2, 0) is 4.79 Å². The molecular formula is C19H21FN4O. The van der Waals surface area contributed by atoms with E-state index in [2.05, 4.69) is 21.3 Å². The molecule has 1 aromatic carbocycles. The first-order valence-electron chi connectivity index (χ1n) is 8.56. The zero-order valence-corrected chi connectivity index (χ0v) is 14.5. The third-order valence-corrected chi connectivity index (χ3v) is 4.75. The highest BCUT2D eigenvalue weighted by Gasteiger charge is 2.27. The van der Waals surface area contributed by atoms with Crippen molar-refractivity contribution in [2.75, 3.05) is 24.5 Å². The van der Waals surface area contributed by atoms with Gasteiger partial charge in [-0.3, -0.25) is 9.78 Å². The van der Waals surface area contributed by atoms with Crippen LogP contribution in [0.5, 0.6) is 0 Å². The average molecular weight is 340 g/mol. The monoisotopic (exact) mass is 340 g/mol. The Kier molecular flexibility index (Phi) is 4.84. The second-order valence-corrected chi connectivity index (χ2v) is 6.41. The number of amides is 1. The van der Waals surface area contributed by atoms with Gasteiger partial charge in [0.2, 0.25) is 5.91 Å². The number of aryl methyl sites for hydroxylation is 1. The third kappa shape index (κ3) is 3.27. The number of benzene rings is 1. The van der Waals surface area contributed by atoms with E-state index < -0.39 is 0 Å². The van der Waals surface area contributed by atoms with E-state index in [4.69, 9.17) is 0 Å². The summed E-state index contributed by atoms with van der Waals surface area (Å²) in [6, 6.07) is 5.07. The molecule has 1 aliphatic heterocycles. The van der Waals surface area contributed by atoms with Crippen LogP contribution in [0.1, 0.15) is 30.9 Å². The van der Waals surface area contributed by atoms with Gasteiger partial charge in [-0.1, -0.05) is 0 Å². The van der Waals surface area contributed by atoms with Crippen LogP contribution in [0.2, 0.25) is 0 Å². The van der Waals surface area contributed by atoms with Crippen LogP contribution in [0.4, 0.5) is 10.1 Å². The number of hydrogen-bond acceptors (Lipinski definition) is 4. The Labute approximate surface area is 146 Å². The first-order chi connectivity index (χ1) is 12.0. The van der Waals surface area contributed by atoms with Crippen molar-refractivity contribution in [1.82, 2.24) is 10.3 Å². The number of pyridine rings is 1. The van der Waals surface area contributed by atoms with Crippen LogP contribution in [0.3, 0.4) is 0 Å². The summed E-state index contributed by atoms with van der Waals surface area (Å²) in [5.74, 6) is -0.252. The second-order valence-electron chi connectivity index (χ2n) is 6.41. The Hall–Kier alpha value is -2.68. The molecule has 0 spiro atoms. The smallest absolute Gasteiger partial charge is 0.223 e. The number of nitriles is 1. The molecule has 1 aromatic heterocycles. The molecule has 1 saturated heterocycles. The lowest BCUT2D eigenvalue weighted by Crippen LogP contribution is -2.40. The summed E-state index contributed by atoms with van der Waals surface area (Å²) in [4.78, 5) is 18.4. The van der Waals surface area contributed by atoms with Crippen LogP contribution in [-0.4, -0.2) is 30.5 Å².